The number of piperidine rings is 1. The first-order valence-electron chi connectivity index (χ1n) is 12.3. The number of likely N-dealkylation sites (N-methyl/N-ethyl adjacent to an activating group) is 1. The fraction of sp³-hybridized carbons (Fsp3) is 0.538. The number of aliphatic imine (C=N–C) groups is 1. The lowest BCUT2D eigenvalue weighted by Crippen LogP contribution is -2.44. The molecular weight excluding hydrogens is 537 g/mol. The van der Waals surface area contributed by atoms with Crippen molar-refractivity contribution in [3.63, 3.8) is 0 Å². The van der Waals surface area contributed by atoms with Gasteiger partial charge >= 0.3 is 0 Å². The van der Waals surface area contributed by atoms with Crippen LogP contribution in [0.15, 0.2) is 47.6 Å². The molecule has 2 aromatic rings. The van der Waals surface area contributed by atoms with E-state index in [1.807, 2.05) is 13.2 Å². The number of hydrogen-bond donors (Lipinski definition) is 2. The van der Waals surface area contributed by atoms with Crippen molar-refractivity contribution in [2.75, 3.05) is 58.3 Å². The van der Waals surface area contributed by atoms with Crippen LogP contribution >= 0.6 is 24.0 Å². The predicted octanol–water partition coefficient (Wildman–Crippen LogP) is 3.30. The molecule has 0 aliphatic carbocycles. The lowest BCUT2D eigenvalue weighted by molar-refractivity contribution is 0.221. The molecule has 2 N–H and O–H groups in total. The molecule has 2 saturated heterocycles. The van der Waals surface area contributed by atoms with E-state index in [9.17, 15) is 0 Å². The molecule has 0 saturated carbocycles. The van der Waals surface area contributed by atoms with Gasteiger partial charge in [0.15, 0.2) is 5.96 Å². The monoisotopic (exact) mass is 577 g/mol. The maximum absolute atomic E-state index is 4.68. The highest BCUT2D eigenvalue weighted by atomic mass is 127. The summed E-state index contributed by atoms with van der Waals surface area (Å²) in [4.78, 5) is 16.3. The molecule has 0 spiro atoms. The Morgan fingerprint density at radius 1 is 0.824 bits per heavy atom. The number of aromatic nitrogens is 1. The van der Waals surface area contributed by atoms with Crippen LogP contribution in [0.25, 0.3) is 0 Å². The summed E-state index contributed by atoms with van der Waals surface area (Å²) in [5.74, 6) is 1.87. The molecule has 0 bridgehead atoms. The van der Waals surface area contributed by atoms with Gasteiger partial charge in [-0.3, -0.25) is 9.89 Å². The third-order valence-corrected chi connectivity index (χ3v) is 6.66. The van der Waals surface area contributed by atoms with E-state index in [0.717, 1.165) is 56.6 Å². The number of nitrogens with one attached hydrogen (secondary N) is 2. The second-order valence-corrected chi connectivity index (χ2v) is 9.25. The van der Waals surface area contributed by atoms with Gasteiger partial charge in [0.2, 0.25) is 0 Å². The zero-order valence-corrected chi connectivity index (χ0v) is 23.0. The maximum atomic E-state index is 4.68. The Balaban J connectivity index is 0.00000324. The number of guanidine groups is 1. The molecule has 0 atom stereocenters. The third kappa shape index (κ3) is 8.09. The first-order valence-corrected chi connectivity index (χ1v) is 12.3. The van der Waals surface area contributed by atoms with Gasteiger partial charge in [-0.2, -0.15) is 0 Å². The van der Waals surface area contributed by atoms with Gasteiger partial charge in [-0.1, -0.05) is 36.8 Å². The Morgan fingerprint density at radius 3 is 2.06 bits per heavy atom. The van der Waals surface area contributed by atoms with Gasteiger partial charge in [-0.15, -0.1) is 24.0 Å². The second-order valence-electron chi connectivity index (χ2n) is 9.25. The lowest BCUT2D eigenvalue weighted by Gasteiger charge is -2.33. The van der Waals surface area contributed by atoms with Gasteiger partial charge < -0.3 is 20.4 Å². The topological polar surface area (TPSA) is 59.0 Å². The number of halogens is 1. The Hall–Kier alpha value is -1.91. The number of anilines is 1. The number of benzene rings is 1. The zero-order chi connectivity index (χ0) is 22.9. The van der Waals surface area contributed by atoms with E-state index in [0.29, 0.717) is 6.54 Å². The summed E-state index contributed by atoms with van der Waals surface area (Å²) >= 11 is 0. The van der Waals surface area contributed by atoms with Gasteiger partial charge in [0, 0.05) is 59.1 Å². The molecule has 8 heteroatoms. The number of pyridine rings is 1. The minimum Gasteiger partial charge on any atom is -0.354 e. The zero-order valence-electron chi connectivity index (χ0n) is 20.7. The van der Waals surface area contributed by atoms with Crippen LogP contribution in [-0.4, -0.2) is 74.1 Å². The van der Waals surface area contributed by atoms with E-state index >= 15 is 0 Å². The normalized spacial score (nSPS) is 17.8. The van der Waals surface area contributed by atoms with Crippen molar-refractivity contribution < 1.29 is 0 Å². The van der Waals surface area contributed by atoms with Crippen molar-refractivity contribution in [1.82, 2.24) is 25.4 Å². The van der Waals surface area contributed by atoms with E-state index in [4.69, 9.17) is 0 Å². The summed E-state index contributed by atoms with van der Waals surface area (Å²) in [6.45, 7) is 9.25. The summed E-state index contributed by atoms with van der Waals surface area (Å²) in [6.07, 6.45) is 6.03. The highest BCUT2D eigenvalue weighted by molar-refractivity contribution is 14.0. The summed E-state index contributed by atoms with van der Waals surface area (Å²) in [5.41, 5.74) is 3.81. The van der Waals surface area contributed by atoms with Crippen LogP contribution in [0, 0.1) is 0 Å². The molecular formula is C26H40IN7. The van der Waals surface area contributed by atoms with Gasteiger partial charge in [-0.05, 0) is 55.7 Å². The van der Waals surface area contributed by atoms with Crippen molar-refractivity contribution in [3.8, 4) is 0 Å². The Bertz CT molecular complexity index is 871. The van der Waals surface area contributed by atoms with E-state index in [1.54, 1.807) is 0 Å². The fourth-order valence-corrected chi connectivity index (χ4v) is 4.47. The maximum Gasteiger partial charge on any atom is 0.191 e. The van der Waals surface area contributed by atoms with Crippen molar-refractivity contribution in [2.45, 2.75) is 38.9 Å². The number of piperazine rings is 1. The molecule has 0 unspecified atom stereocenters. The molecule has 2 fully saturated rings. The van der Waals surface area contributed by atoms with Crippen molar-refractivity contribution in [2.24, 2.45) is 4.99 Å². The van der Waals surface area contributed by atoms with Crippen LogP contribution in [0.5, 0.6) is 0 Å². The highest BCUT2D eigenvalue weighted by Gasteiger charge is 2.15. The minimum absolute atomic E-state index is 0. The number of hydrogen-bond acceptors (Lipinski definition) is 5. The van der Waals surface area contributed by atoms with Gasteiger partial charge in [0.05, 0.1) is 0 Å². The molecule has 34 heavy (non-hydrogen) atoms. The SMILES string of the molecule is CN=C(NCc1ccc(CN2CCCCC2)cc1)NCc1ccc(N2CCN(C)CC2)nc1.I. The van der Waals surface area contributed by atoms with Crippen LogP contribution in [0.3, 0.4) is 0 Å². The molecule has 2 aliphatic rings. The lowest BCUT2D eigenvalue weighted by atomic mass is 10.1. The van der Waals surface area contributed by atoms with Crippen molar-refractivity contribution in [1.29, 1.82) is 0 Å². The summed E-state index contributed by atoms with van der Waals surface area (Å²) in [7, 11) is 3.98. The molecule has 186 valence electrons. The largest absolute Gasteiger partial charge is 0.354 e. The standard InChI is InChI=1S/C26H39N7.HI/c1-27-26(29-18-22-6-8-23(9-7-22)21-32-12-4-3-5-13-32)30-20-24-10-11-25(28-19-24)33-16-14-31(2)15-17-33;/h6-11,19H,3-5,12-18,20-21H2,1-2H3,(H2,27,29,30);1H. The quantitative estimate of drug-likeness (QED) is 0.300. The van der Waals surface area contributed by atoms with E-state index in [2.05, 4.69) is 78.8 Å². The predicted molar refractivity (Wildman–Crippen MR) is 152 cm³/mol. The van der Waals surface area contributed by atoms with E-state index in [1.165, 1.54) is 43.5 Å². The first kappa shape index (κ1) is 26.7. The second kappa shape index (κ2) is 13.8. The van der Waals surface area contributed by atoms with Gasteiger partial charge in [0.25, 0.3) is 0 Å². The summed E-state index contributed by atoms with van der Waals surface area (Å²) in [6, 6.07) is 13.2. The fourth-order valence-electron chi connectivity index (χ4n) is 4.47. The van der Waals surface area contributed by atoms with Crippen LogP contribution in [-0.2, 0) is 19.6 Å². The molecule has 3 heterocycles. The van der Waals surface area contributed by atoms with Gasteiger partial charge in [0.1, 0.15) is 5.82 Å². The first-order chi connectivity index (χ1) is 16.2. The Labute approximate surface area is 222 Å². The number of rotatable bonds is 7. The van der Waals surface area contributed by atoms with Crippen LogP contribution in [0.1, 0.15) is 36.0 Å². The third-order valence-electron chi connectivity index (χ3n) is 6.66. The number of nitrogens with zero attached hydrogens (tertiary/aromatic N) is 5. The smallest absolute Gasteiger partial charge is 0.191 e. The van der Waals surface area contributed by atoms with E-state index < -0.39 is 0 Å². The van der Waals surface area contributed by atoms with Crippen molar-refractivity contribution >= 4 is 35.8 Å². The number of likely N-dealkylation sites (tertiary alicyclic amines) is 1. The Morgan fingerprint density at radius 2 is 1.44 bits per heavy atom. The van der Waals surface area contributed by atoms with Crippen molar-refractivity contribution in [3.05, 3.63) is 59.3 Å². The highest BCUT2D eigenvalue weighted by Crippen LogP contribution is 2.15. The molecule has 2 aliphatic heterocycles. The molecule has 4 rings (SSSR count). The molecule has 0 amide bonds. The molecule has 7 nitrogen and oxygen atoms in total. The summed E-state index contributed by atoms with van der Waals surface area (Å²) < 4.78 is 0. The van der Waals surface area contributed by atoms with E-state index in [-0.39, 0.29) is 24.0 Å². The Kier molecular flexibility index (Phi) is 10.9. The molecule has 0 radical (unpaired) electrons. The molecule has 1 aromatic carbocycles. The average Bonchev–Trinajstić information content (AvgIpc) is 2.87. The average molecular weight is 578 g/mol. The minimum atomic E-state index is 0. The van der Waals surface area contributed by atoms with Crippen LogP contribution < -0.4 is 15.5 Å². The molecule has 1 aromatic heterocycles. The van der Waals surface area contributed by atoms with Crippen LogP contribution in [0.2, 0.25) is 0 Å². The van der Waals surface area contributed by atoms with Gasteiger partial charge in [-0.25, -0.2) is 4.98 Å². The summed E-state index contributed by atoms with van der Waals surface area (Å²) in [5, 5.41) is 6.82. The van der Waals surface area contributed by atoms with Crippen LogP contribution in [0.4, 0.5) is 5.82 Å².